The quantitative estimate of drug-likeness (QED) is 0.250. The molecule has 0 atom stereocenters. The third kappa shape index (κ3) is 5.56. The molecule has 0 aliphatic rings. The van der Waals surface area contributed by atoms with E-state index in [4.69, 9.17) is 4.74 Å². The van der Waals surface area contributed by atoms with Gasteiger partial charge in [0.15, 0.2) is 5.76 Å². The molecule has 25 heavy (non-hydrogen) atoms. The summed E-state index contributed by atoms with van der Waals surface area (Å²) in [6.45, 7) is 5.97. The molecular weight excluding hydrogens is 329 g/mol. The van der Waals surface area contributed by atoms with Crippen molar-refractivity contribution in [2.24, 2.45) is 0 Å². The molecule has 0 heterocycles. The molecule has 0 saturated heterocycles. The molecule has 0 fully saturated rings. The number of carbonyl (C=O) groups excluding carboxylic acids is 1. The Morgan fingerprint density at radius 1 is 1.24 bits per heavy atom. The lowest BCUT2D eigenvalue weighted by Gasteiger charge is -2.13. The summed E-state index contributed by atoms with van der Waals surface area (Å²) in [7, 11) is 1.28. The summed E-state index contributed by atoms with van der Waals surface area (Å²) in [4.78, 5) is 22.1. The van der Waals surface area contributed by atoms with Crippen LogP contribution in [0.1, 0.15) is 35.3 Å². The Bertz CT molecular complexity index is 751. The van der Waals surface area contributed by atoms with Gasteiger partial charge >= 0.3 is 5.97 Å². The molecule has 7 heteroatoms. The van der Waals surface area contributed by atoms with Crippen molar-refractivity contribution in [1.29, 1.82) is 0 Å². The van der Waals surface area contributed by atoms with E-state index in [1.54, 1.807) is 26.0 Å². The molecule has 0 N–H and O–H groups in total. The van der Waals surface area contributed by atoms with E-state index in [2.05, 4.69) is 4.74 Å². The Morgan fingerprint density at radius 2 is 1.80 bits per heavy atom. The molecular formula is C18H20FNO5. The van der Waals surface area contributed by atoms with Gasteiger partial charge in [-0.2, -0.15) is 0 Å². The van der Waals surface area contributed by atoms with Crippen LogP contribution in [0.25, 0.3) is 0 Å². The van der Waals surface area contributed by atoms with Crippen LogP contribution in [-0.2, 0) is 4.74 Å². The number of allylic oxidation sites excluding steroid dienone is 5. The Labute approximate surface area is 145 Å². The first kappa shape index (κ1) is 20.1. The second kappa shape index (κ2) is 8.77. The number of carbonyl (C=O) groups is 1. The van der Waals surface area contributed by atoms with Crippen LogP contribution in [0.4, 0.5) is 4.39 Å². The van der Waals surface area contributed by atoms with Gasteiger partial charge in [0.25, 0.3) is 5.70 Å². The van der Waals surface area contributed by atoms with E-state index in [9.17, 15) is 19.3 Å². The van der Waals surface area contributed by atoms with E-state index in [0.717, 1.165) is 6.08 Å². The smallest absolute Gasteiger partial charge is 0.337 e. The summed E-state index contributed by atoms with van der Waals surface area (Å²) in [6, 6.07) is 3.14. The molecule has 6 nitrogen and oxygen atoms in total. The molecule has 0 radical (unpaired) electrons. The van der Waals surface area contributed by atoms with Gasteiger partial charge in [0.2, 0.25) is 0 Å². The second-order valence-electron chi connectivity index (χ2n) is 5.35. The minimum atomic E-state index is -0.584. The number of esters is 1. The molecule has 134 valence electrons. The van der Waals surface area contributed by atoms with Crippen molar-refractivity contribution in [2.45, 2.75) is 27.7 Å². The standard InChI is InChI=1S/C18H20FNO5/c1-11-9-15(18(21)24-5)10-12(2)17(11)25-16(14(4)20(22)23)8-6-7-13(3)19/h6-10H,1-5H3/b8-6-,13-7+,16-14-. The monoisotopic (exact) mass is 349 g/mol. The number of hydrogen-bond donors (Lipinski definition) is 0. The third-order valence-electron chi connectivity index (χ3n) is 3.30. The van der Waals surface area contributed by atoms with Gasteiger partial charge in [0.05, 0.1) is 23.4 Å². The lowest BCUT2D eigenvalue weighted by molar-refractivity contribution is -0.426. The Morgan fingerprint density at radius 3 is 2.24 bits per heavy atom. The zero-order chi connectivity index (χ0) is 19.1. The van der Waals surface area contributed by atoms with E-state index >= 15 is 0 Å². The van der Waals surface area contributed by atoms with Crippen molar-refractivity contribution < 1.29 is 23.6 Å². The highest BCUT2D eigenvalue weighted by Crippen LogP contribution is 2.28. The number of nitrogens with zero attached hydrogens (tertiary/aromatic N) is 1. The number of hydrogen-bond acceptors (Lipinski definition) is 5. The van der Waals surface area contributed by atoms with Gasteiger partial charge in [-0.15, -0.1) is 0 Å². The molecule has 1 rings (SSSR count). The summed E-state index contributed by atoms with van der Waals surface area (Å²) in [5.41, 5.74) is 1.35. The third-order valence-corrected chi connectivity index (χ3v) is 3.30. The number of ether oxygens (including phenoxy) is 2. The van der Waals surface area contributed by atoms with Gasteiger partial charge in [0, 0.05) is 6.92 Å². The van der Waals surface area contributed by atoms with E-state index < -0.39 is 16.7 Å². The number of halogens is 1. The van der Waals surface area contributed by atoms with Crippen molar-refractivity contribution in [3.05, 3.63) is 74.4 Å². The Kier molecular flexibility index (Phi) is 7.05. The highest BCUT2D eigenvalue weighted by atomic mass is 19.1. The van der Waals surface area contributed by atoms with Crippen LogP contribution in [0.2, 0.25) is 0 Å². The van der Waals surface area contributed by atoms with Crippen LogP contribution in [0.3, 0.4) is 0 Å². The molecule has 0 aliphatic heterocycles. The number of benzene rings is 1. The minimum Gasteiger partial charge on any atom is -0.465 e. The second-order valence-corrected chi connectivity index (χ2v) is 5.35. The fourth-order valence-electron chi connectivity index (χ4n) is 2.04. The molecule has 1 aromatic carbocycles. The lowest BCUT2D eigenvalue weighted by atomic mass is 10.1. The van der Waals surface area contributed by atoms with E-state index in [1.165, 1.54) is 33.1 Å². The van der Waals surface area contributed by atoms with Crippen molar-refractivity contribution in [3.8, 4) is 5.75 Å². The Balaban J connectivity index is 3.32. The topological polar surface area (TPSA) is 78.7 Å². The van der Waals surface area contributed by atoms with Crippen LogP contribution >= 0.6 is 0 Å². The first-order valence-electron chi connectivity index (χ1n) is 7.40. The molecule has 0 bridgehead atoms. The van der Waals surface area contributed by atoms with Gasteiger partial charge in [-0.3, -0.25) is 10.1 Å². The van der Waals surface area contributed by atoms with Gasteiger partial charge in [-0.05, 0) is 56.2 Å². The van der Waals surface area contributed by atoms with Gasteiger partial charge in [-0.25, -0.2) is 9.18 Å². The minimum absolute atomic E-state index is 0.0282. The molecule has 0 aliphatic carbocycles. The SMILES string of the molecule is COC(=O)c1cc(C)c(OC(/C=C\C=C(/C)F)=C(/C)[N+](=O)[O-])c(C)c1. The number of methoxy groups -OCH3 is 1. The molecule has 0 unspecified atom stereocenters. The molecule has 0 spiro atoms. The molecule has 1 aromatic rings. The maximum Gasteiger partial charge on any atom is 0.337 e. The maximum absolute atomic E-state index is 12.8. The lowest BCUT2D eigenvalue weighted by Crippen LogP contribution is -2.07. The number of nitro groups is 1. The molecule has 0 aromatic heterocycles. The average molecular weight is 349 g/mol. The normalized spacial score (nSPS) is 12.8. The summed E-state index contributed by atoms with van der Waals surface area (Å²) in [5.74, 6) is -0.573. The summed E-state index contributed by atoms with van der Waals surface area (Å²) in [5, 5.41) is 11.1. The predicted molar refractivity (Wildman–Crippen MR) is 91.6 cm³/mol. The van der Waals surface area contributed by atoms with Gasteiger partial charge in [-0.1, -0.05) is 6.08 Å². The Hall–Kier alpha value is -2.96. The van der Waals surface area contributed by atoms with Crippen molar-refractivity contribution >= 4 is 5.97 Å². The maximum atomic E-state index is 12.8. The van der Waals surface area contributed by atoms with Crippen LogP contribution in [-0.4, -0.2) is 18.0 Å². The van der Waals surface area contributed by atoms with Crippen LogP contribution in [0, 0.1) is 24.0 Å². The largest absolute Gasteiger partial charge is 0.465 e. The van der Waals surface area contributed by atoms with Crippen molar-refractivity contribution in [2.75, 3.05) is 7.11 Å². The van der Waals surface area contributed by atoms with Crippen LogP contribution in [0.15, 0.2) is 47.6 Å². The summed E-state index contributed by atoms with van der Waals surface area (Å²) < 4.78 is 23.2. The van der Waals surface area contributed by atoms with Crippen molar-refractivity contribution in [1.82, 2.24) is 0 Å². The van der Waals surface area contributed by atoms with Crippen molar-refractivity contribution in [3.63, 3.8) is 0 Å². The first-order chi connectivity index (χ1) is 11.7. The molecule has 0 amide bonds. The number of aryl methyl sites for hydroxylation is 2. The van der Waals surface area contributed by atoms with Gasteiger partial charge in [0.1, 0.15) is 5.75 Å². The predicted octanol–water partition coefficient (Wildman–Crippen LogP) is 4.41. The zero-order valence-electron chi connectivity index (χ0n) is 14.8. The van der Waals surface area contributed by atoms with Gasteiger partial charge < -0.3 is 9.47 Å². The van der Waals surface area contributed by atoms with E-state index in [1.807, 2.05) is 0 Å². The first-order valence-corrected chi connectivity index (χ1v) is 7.40. The highest BCUT2D eigenvalue weighted by Gasteiger charge is 2.17. The van der Waals surface area contributed by atoms with E-state index in [-0.39, 0.29) is 11.5 Å². The average Bonchev–Trinajstić information content (AvgIpc) is 2.54. The molecule has 0 saturated carbocycles. The zero-order valence-corrected chi connectivity index (χ0v) is 14.8. The fraction of sp³-hybridized carbons (Fsp3) is 0.278. The van der Waals surface area contributed by atoms with E-state index in [0.29, 0.717) is 22.4 Å². The summed E-state index contributed by atoms with van der Waals surface area (Å²) >= 11 is 0. The fourth-order valence-corrected chi connectivity index (χ4v) is 2.04. The highest BCUT2D eigenvalue weighted by molar-refractivity contribution is 5.90. The van der Waals surface area contributed by atoms with Crippen LogP contribution in [0.5, 0.6) is 5.75 Å². The summed E-state index contributed by atoms with van der Waals surface area (Å²) in [6.07, 6.45) is 3.80. The number of rotatable bonds is 6. The van der Waals surface area contributed by atoms with Crippen LogP contribution < -0.4 is 4.74 Å².